The second kappa shape index (κ2) is 4.45. The quantitative estimate of drug-likeness (QED) is 0.680. The number of rotatable bonds is 3. The molecule has 0 saturated carbocycles. The Hall–Kier alpha value is -2.04. The maximum absolute atomic E-state index is 11.4. The van der Waals surface area contributed by atoms with Crippen LogP contribution in [0.3, 0.4) is 0 Å². The molecular formula is C10H11NO4. The lowest BCUT2D eigenvalue weighted by atomic mass is 10.2. The molecular weight excluding hydrogens is 198 g/mol. The lowest BCUT2D eigenvalue weighted by molar-refractivity contribution is -0.138. The van der Waals surface area contributed by atoms with Gasteiger partial charge in [0.15, 0.2) is 0 Å². The summed E-state index contributed by atoms with van der Waals surface area (Å²) >= 11 is 0. The number of carboxylic acids is 1. The van der Waals surface area contributed by atoms with Crippen molar-refractivity contribution in [1.29, 1.82) is 0 Å². The van der Waals surface area contributed by atoms with E-state index in [4.69, 9.17) is 10.2 Å². The van der Waals surface area contributed by atoms with E-state index >= 15 is 0 Å². The summed E-state index contributed by atoms with van der Waals surface area (Å²) in [6, 6.07) is 4.62. The van der Waals surface area contributed by atoms with Crippen LogP contribution in [0.25, 0.3) is 0 Å². The molecule has 3 N–H and O–H groups in total. The van der Waals surface area contributed by atoms with Gasteiger partial charge in [-0.2, -0.15) is 0 Å². The number of phenols is 1. The number of hydrogen-bond acceptors (Lipinski definition) is 3. The molecule has 0 saturated heterocycles. The van der Waals surface area contributed by atoms with Crippen LogP contribution in [0.1, 0.15) is 17.3 Å². The van der Waals surface area contributed by atoms with Crippen LogP contribution in [0.4, 0.5) is 0 Å². The number of phenolic OH excluding ortho intramolecular Hbond substituents is 1. The van der Waals surface area contributed by atoms with E-state index in [1.165, 1.54) is 31.2 Å². The van der Waals surface area contributed by atoms with Crippen LogP contribution < -0.4 is 5.32 Å². The summed E-state index contributed by atoms with van der Waals surface area (Å²) < 4.78 is 0. The van der Waals surface area contributed by atoms with Crippen molar-refractivity contribution >= 4 is 11.9 Å². The van der Waals surface area contributed by atoms with E-state index < -0.39 is 17.9 Å². The molecule has 1 amide bonds. The van der Waals surface area contributed by atoms with Crippen LogP contribution in [-0.2, 0) is 4.79 Å². The second-order valence-electron chi connectivity index (χ2n) is 3.08. The van der Waals surface area contributed by atoms with Crippen molar-refractivity contribution in [2.75, 3.05) is 0 Å². The molecule has 5 heteroatoms. The van der Waals surface area contributed by atoms with Gasteiger partial charge in [0.1, 0.15) is 11.8 Å². The second-order valence-corrected chi connectivity index (χ2v) is 3.08. The molecule has 0 aliphatic rings. The summed E-state index contributed by atoms with van der Waals surface area (Å²) in [5, 5.41) is 19.8. The molecule has 0 fully saturated rings. The van der Waals surface area contributed by atoms with Crippen molar-refractivity contribution in [1.82, 2.24) is 5.32 Å². The first kappa shape index (κ1) is 11.0. The molecule has 1 aromatic rings. The average Bonchev–Trinajstić information content (AvgIpc) is 2.18. The summed E-state index contributed by atoms with van der Waals surface area (Å²) in [6.45, 7) is 1.38. The fourth-order valence-corrected chi connectivity index (χ4v) is 0.955. The Kier molecular flexibility index (Phi) is 3.28. The number of carboxylic acid groups (broad SMARTS) is 1. The Balaban J connectivity index is 2.69. The van der Waals surface area contributed by atoms with Gasteiger partial charge in [0.25, 0.3) is 5.91 Å². The number of nitrogens with one attached hydrogen (secondary N) is 1. The molecule has 1 atom stereocenters. The van der Waals surface area contributed by atoms with E-state index in [1.807, 2.05) is 0 Å². The Morgan fingerprint density at radius 2 is 1.80 bits per heavy atom. The minimum absolute atomic E-state index is 0.0535. The first-order valence-electron chi connectivity index (χ1n) is 4.33. The van der Waals surface area contributed by atoms with E-state index in [2.05, 4.69) is 5.32 Å². The van der Waals surface area contributed by atoms with Crippen LogP contribution in [0.2, 0.25) is 0 Å². The van der Waals surface area contributed by atoms with Crippen LogP contribution in [0.15, 0.2) is 24.3 Å². The van der Waals surface area contributed by atoms with Crippen LogP contribution in [0, 0.1) is 0 Å². The highest BCUT2D eigenvalue weighted by atomic mass is 16.4. The van der Waals surface area contributed by atoms with Crippen molar-refractivity contribution in [3.05, 3.63) is 29.8 Å². The number of hydrogen-bond donors (Lipinski definition) is 3. The SMILES string of the molecule is C[C@@H](NC(=O)c1ccc(O)cc1)C(=O)O. The summed E-state index contributed by atoms with van der Waals surface area (Å²) in [7, 11) is 0. The topological polar surface area (TPSA) is 86.6 Å². The fourth-order valence-electron chi connectivity index (χ4n) is 0.955. The van der Waals surface area contributed by atoms with Crippen molar-refractivity contribution in [2.24, 2.45) is 0 Å². The number of benzene rings is 1. The van der Waals surface area contributed by atoms with Gasteiger partial charge in [-0.25, -0.2) is 0 Å². The number of aromatic hydroxyl groups is 1. The van der Waals surface area contributed by atoms with Crippen molar-refractivity contribution in [2.45, 2.75) is 13.0 Å². The lowest BCUT2D eigenvalue weighted by Gasteiger charge is -2.08. The number of amides is 1. The maximum atomic E-state index is 11.4. The average molecular weight is 209 g/mol. The molecule has 0 heterocycles. The third-order valence-corrected chi connectivity index (χ3v) is 1.85. The van der Waals surface area contributed by atoms with Gasteiger partial charge in [0.2, 0.25) is 0 Å². The van der Waals surface area contributed by atoms with Gasteiger partial charge >= 0.3 is 5.97 Å². The van der Waals surface area contributed by atoms with Gasteiger partial charge in [-0.3, -0.25) is 9.59 Å². The summed E-state index contributed by atoms with van der Waals surface area (Å²) in [6.07, 6.45) is 0. The fraction of sp³-hybridized carbons (Fsp3) is 0.200. The van der Waals surface area contributed by atoms with E-state index in [1.54, 1.807) is 0 Å². The summed E-state index contributed by atoms with van der Waals surface area (Å²) in [4.78, 5) is 21.9. The Morgan fingerprint density at radius 1 is 1.27 bits per heavy atom. The van der Waals surface area contributed by atoms with Gasteiger partial charge in [-0.05, 0) is 31.2 Å². The molecule has 80 valence electrons. The predicted molar refractivity (Wildman–Crippen MR) is 52.7 cm³/mol. The zero-order valence-corrected chi connectivity index (χ0v) is 8.10. The highest BCUT2D eigenvalue weighted by molar-refractivity contribution is 5.96. The van der Waals surface area contributed by atoms with Crippen LogP contribution >= 0.6 is 0 Å². The summed E-state index contributed by atoms with van der Waals surface area (Å²) in [5.41, 5.74) is 0.306. The van der Waals surface area contributed by atoms with Gasteiger partial charge in [0.05, 0.1) is 0 Å². The van der Waals surface area contributed by atoms with Crippen LogP contribution in [-0.4, -0.2) is 28.1 Å². The number of aliphatic carboxylic acids is 1. The van der Waals surface area contributed by atoms with Gasteiger partial charge < -0.3 is 15.5 Å². The zero-order valence-electron chi connectivity index (χ0n) is 8.10. The third-order valence-electron chi connectivity index (χ3n) is 1.85. The molecule has 0 bridgehead atoms. The highest BCUT2D eigenvalue weighted by Crippen LogP contribution is 2.09. The smallest absolute Gasteiger partial charge is 0.325 e. The normalized spacial score (nSPS) is 11.8. The predicted octanol–water partition coefficient (Wildman–Crippen LogP) is 0.595. The molecule has 0 radical (unpaired) electrons. The Labute approximate surface area is 86.4 Å². The van der Waals surface area contributed by atoms with E-state index in [-0.39, 0.29) is 5.75 Å². The van der Waals surface area contributed by atoms with E-state index in [0.29, 0.717) is 5.56 Å². The molecule has 0 spiro atoms. The van der Waals surface area contributed by atoms with Crippen molar-refractivity contribution < 1.29 is 19.8 Å². The molecule has 0 aliphatic carbocycles. The number of carbonyl (C=O) groups is 2. The van der Waals surface area contributed by atoms with Gasteiger partial charge in [-0.15, -0.1) is 0 Å². The third kappa shape index (κ3) is 2.98. The van der Waals surface area contributed by atoms with Gasteiger partial charge in [0, 0.05) is 5.56 Å². The van der Waals surface area contributed by atoms with Crippen molar-refractivity contribution in [3.63, 3.8) is 0 Å². The molecule has 5 nitrogen and oxygen atoms in total. The zero-order chi connectivity index (χ0) is 11.4. The largest absolute Gasteiger partial charge is 0.508 e. The standard InChI is InChI=1S/C10H11NO4/c1-6(10(14)15)11-9(13)7-2-4-8(12)5-3-7/h2-6,12H,1H3,(H,11,13)(H,14,15)/t6-/m1/s1. The number of carbonyl (C=O) groups excluding carboxylic acids is 1. The minimum atomic E-state index is -1.10. The summed E-state index contributed by atoms with van der Waals surface area (Å²) in [5.74, 6) is -1.52. The molecule has 1 rings (SSSR count). The van der Waals surface area contributed by atoms with E-state index in [9.17, 15) is 9.59 Å². The van der Waals surface area contributed by atoms with E-state index in [0.717, 1.165) is 0 Å². The lowest BCUT2D eigenvalue weighted by Crippen LogP contribution is -2.38. The molecule has 0 unspecified atom stereocenters. The van der Waals surface area contributed by atoms with Gasteiger partial charge in [-0.1, -0.05) is 0 Å². The minimum Gasteiger partial charge on any atom is -0.508 e. The Morgan fingerprint density at radius 3 is 2.27 bits per heavy atom. The molecule has 15 heavy (non-hydrogen) atoms. The maximum Gasteiger partial charge on any atom is 0.325 e. The monoisotopic (exact) mass is 209 g/mol. The first-order chi connectivity index (χ1) is 7.00. The highest BCUT2D eigenvalue weighted by Gasteiger charge is 2.14. The molecule has 0 aliphatic heterocycles. The first-order valence-corrected chi connectivity index (χ1v) is 4.33. The Bertz CT molecular complexity index is 372. The van der Waals surface area contributed by atoms with Crippen molar-refractivity contribution in [3.8, 4) is 5.75 Å². The molecule has 1 aromatic carbocycles. The molecule has 0 aromatic heterocycles. The van der Waals surface area contributed by atoms with Crippen LogP contribution in [0.5, 0.6) is 5.75 Å².